The maximum Gasteiger partial charge on any atom is 0.225 e. The fourth-order valence-electron chi connectivity index (χ4n) is 4.58. The highest BCUT2D eigenvalue weighted by atomic mass is 32.2. The van der Waals surface area contributed by atoms with Gasteiger partial charge in [-0.1, -0.05) is 48.5 Å². The van der Waals surface area contributed by atoms with Crippen molar-refractivity contribution in [3.63, 3.8) is 0 Å². The van der Waals surface area contributed by atoms with Crippen molar-refractivity contribution in [3.05, 3.63) is 72.1 Å². The first-order chi connectivity index (χ1) is 14.2. The van der Waals surface area contributed by atoms with Gasteiger partial charge in [0.25, 0.3) is 0 Å². The van der Waals surface area contributed by atoms with E-state index in [0.29, 0.717) is 11.8 Å². The monoisotopic (exact) mass is 402 g/mol. The fourth-order valence-corrected chi connectivity index (χ4v) is 5.81. The van der Waals surface area contributed by atoms with Crippen LogP contribution in [0.25, 0.3) is 11.1 Å². The maximum atomic E-state index is 4.67. The van der Waals surface area contributed by atoms with Gasteiger partial charge in [0, 0.05) is 42.5 Å². The first-order valence-corrected chi connectivity index (χ1v) is 11.1. The van der Waals surface area contributed by atoms with Crippen molar-refractivity contribution in [2.75, 3.05) is 31.1 Å². The normalized spacial score (nSPS) is 21.5. The molecule has 0 bridgehead atoms. The van der Waals surface area contributed by atoms with E-state index in [1.54, 1.807) is 0 Å². The Morgan fingerprint density at radius 3 is 2.10 bits per heavy atom. The number of aryl methyl sites for hydroxylation is 2. The first-order valence-electron chi connectivity index (χ1n) is 10.3. The number of rotatable bonds is 4. The largest absolute Gasteiger partial charge is 0.340 e. The summed E-state index contributed by atoms with van der Waals surface area (Å²) < 4.78 is 2.55. The Morgan fingerprint density at radius 2 is 1.41 bits per heavy atom. The zero-order valence-electron chi connectivity index (χ0n) is 17.0. The van der Waals surface area contributed by atoms with Gasteiger partial charge in [-0.2, -0.15) is 0 Å². The standard InChI is InChI=1S/C24H26N4S/c1-17-12-18(2)26-24(25-17)27-13-20-15-28(16-21(20)14-27)29-23-11-7-6-10-22(23)19-8-4-3-5-9-19/h3-12,20-21H,13-16H2,1-2H3. The molecule has 2 saturated heterocycles. The van der Waals surface area contributed by atoms with E-state index in [4.69, 9.17) is 0 Å². The van der Waals surface area contributed by atoms with E-state index in [9.17, 15) is 0 Å². The average Bonchev–Trinajstić information content (AvgIpc) is 3.27. The number of anilines is 1. The molecule has 3 heterocycles. The topological polar surface area (TPSA) is 32.3 Å². The van der Waals surface area contributed by atoms with Crippen LogP contribution in [-0.2, 0) is 0 Å². The van der Waals surface area contributed by atoms with Crippen molar-refractivity contribution in [1.82, 2.24) is 14.3 Å². The molecule has 0 N–H and O–H groups in total. The van der Waals surface area contributed by atoms with Gasteiger partial charge >= 0.3 is 0 Å². The van der Waals surface area contributed by atoms with Crippen LogP contribution in [0, 0.1) is 25.7 Å². The molecule has 2 aliphatic heterocycles. The first kappa shape index (κ1) is 18.6. The van der Waals surface area contributed by atoms with Crippen molar-refractivity contribution >= 4 is 17.9 Å². The molecule has 148 valence electrons. The lowest BCUT2D eigenvalue weighted by molar-refractivity contribution is 0.531. The molecule has 0 radical (unpaired) electrons. The molecule has 3 aromatic rings. The molecule has 2 fully saturated rings. The molecule has 29 heavy (non-hydrogen) atoms. The predicted molar refractivity (Wildman–Crippen MR) is 120 cm³/mol. The minimum absolute atomic E-state index is 0.691. The summed E-state index contributed by atoms with van der Waals surface area (Å²) in [5.41, 5.74) is 4.71. The van der Waals surface area contributed by atoms with E-state index < -0.39 is 0 Å². The molecule has 0 spiro atoms. The lowest BCUT2D eigenvalue weighted by Crippen LogP contribution is -2.27. The second-order valence-corrected chi connectivity index (χ2v) is 9.32. The van der Waals surface area contributed by atoms with E-state index in [2.05, 4.69) is 87.6 Å². The second kappa shape index (κ2) is 7.81. The van der Waals surface area contributed by atoms with Crippen molar-refractivity contribution < 1.29 is 0 Å². The number of hydrogen-bond acceptors (Lipinski definition) is 5. The highest BCUT2D eigenvalue weighted by Crippen LogP contribution is 2.40. The van der Waals surface area contributed by atoms with Gasteiger partial charge in [0.1, 0.15) is 0 Å². The van der Waals surface area contributed by atoms with Crippen LogP contribution in [0.15, 0.2) is 65.6 Å². The minimum atomic E-state index is 0.691. The Morgan fingerprint density at radius 1 is 0.793 bits per heavy atom. The predicted octanol–water partition coefficient (Wildman–Crippen LogP) is 4.84. The third-order valence-electron chi connectivity index (χ3n) is 5.91. The van der Waals surface area contributed by atoms with Crippen LogP contribution in [0.3, 0.4) is 0 Å². The Hall–Kier alpha value is -2.37. The van der Waals surface area contributed by atoms with Gasteiger partial charge in [0.2, 0.25) is 5.95 Å². The van der Waals surface area contributed by atoms with E-state index in [1.165, 1.54) is 16.0 Å². The van der Waals surface area contributed by atoms with Crippen LogP contribution < -0.4 is 4.90 Å². The highest BCUT2D eigenvalue weighted by Gasteiger charge is 2.41. The van der Waals surface area contributed by atoms with Crippen LogP contribution in [0.5, 0.6) is 0 Å². The maximum absolute atomic E-state index is 4.67. The third-order valence-corrected chi connectivity index (χ3v) is 7.01. The Bertz CT molecular complexity index is 973. The SMILES string of the molecule is Cc1cc(C)nc(N2CC3CN(Sc4ccccc4-c4ccccc4)CC3C2)n1. The Balaban J connectivity index is 1.27. The van der Waals surface area contributed by atoms with Gasteiger partial charge in [-0.3, -0.25) is 0 Å². The molecule has 0 aliphatic carbocycles. The smallest absolute Gasteiger partial charge is 0.225 e. The molecule has 4 nitrogen and oxygen atoms in total. The lowest BCUT2D eigenvalue weighted by atomic mass is 10.0. The number of nitrogens with zero attached hydrogens (tertiary/aromatic N) is 4. The number of hydrogen-bond donors (Lipinski definition) is 0. The van der Waals surface area contributed by atoms with E-state index in [1.807, 2.05) is 18.0 Å². The molecule has 2 aromatic carbocycles. The van der Waals surface area contributed by atoms with Crippen LogP contribution in [0.2, 0.25) is 0 Å². The highest BCUT2D eigenvalue weighted by molar-refractivity contribution is 7.97. The molecule has 0 amide bonds. The Labute approximate surface area is 177 Å². The van der Waals surface area contributed by atoms with Crippen molar-refractivity contribution in [3.8, 4) is 11.1 Å². The molecular weight excluding hydrogens is 376 g/mol. The summed E-state index contributed by atoms with van der Waals surface area (Å²) in [5, 5.41) is 0. The molecule has 2 atom stereocenters. The van der Waals surface area contributed by atoms with E-state index in [-0.39, 0.29) is 0 Å². The van der Waals surface area contributed by atoms with Gasteiger partial charge in [-0.25, -0.2) is 14.3 Å². The molecule has 2 unspecified atom stereocenters. The minimum Gasteiger partial charge on any atom is -0.340 e. The number of aromatic nitrogens is 2. The molecule has 2 aliphatic rings. The Kier molecular flexibility index (Phi) is 5.02. The summed E-state index contributed by atoms with van der Waals surface area (Å²) in [7, 11) is 0. The number of benzene rings is 2. The van der Waals surface area contributed by atoms with Gasteiger partial charge in [0.15, 0.2) is 0 Å². The van der Waals surface area contributed by atoms with Crippen LogP contribution in [0.4, 0.5) is 5.95 Å². The third kappa shape index (κ3) is 3.89. The van der Waals surface area contributed by atoms with Crippen LogP contribution in [0.1, 0.15) is 11.4 Å². The van der Waals surface area contributed by atoms with Crippen molar-refractivity contribution in [1.29, 1.82) is 0 Å². The molecule has 5 rings (SSSR count). The van der Waals surface area contributed by atoms with Gasteiger partial charge in [0.05, 0.1) is 0 Å². The van der Waals surface area contributed by atoms with Crippen LogP contribution in [-0.4, -0.2) is 40.5 Å². The average molecular weight is 403 g/mol. The summed E-state index contributed by atoms with van der Waals surface area (Å²) in [4.78, 5) is 13.1. The second-order valence-electron chi connectivity index (χ2n) is 8.18. The molecule has 1 aromatic heterocycles. The molecule has 0 saturated carbocycles. The van der Waals surface area contributed by atoms with Gasteiger partial charge in [-0.15, -0.1) is 0 Å². The lowest BCUT2D eigenvalue weighted by Gasteiger charge is -2.22. The van der Waals surface area contributed by atoms with Crippen LogP contribution >= 0.6 is 11.9 Å². The summed E-state index contributed by atoms with van der Waals surface area (Å²) in [6.45, 7) is 8.48. The fraction of sp³-hybridized carbons (Fsp3) is 0.333. The molecular formula is C24H26N4S. The van der Waals surface area contributed by atoms with Gasteiger partial charge < -0.3 is 4.90 Å². The molecule has 5 heteroatoms. The summed E-state index contributed by atoms with van der Waals surface area (Å²) in [6.07, 6.45) is 0. The number of fused-ring (bicyclic) bond motifs is 1. The van der Waals surface area contributed by atoms with E-state index in [0.717, 1.165) is 43.5 Å². The quantitative estimate of drug-likeness (QED) is 0.583. The van der Waals surface area contributed by atoms with Gasteiger partial charge in [-0.05, 0) is 60.9 Å². The zero-order chi connectivity index (χ0) is 19.8. The zero-order valence-corrected chi connectivity index (χ0v) is 17.8. The van der Waals surface area contributed by atoms with E-state index >= 15 is 0 Å². The summed E-state index contributed by atoms with van der Waals surface area (Å²) in [6, 6.07) is 21.5. The van der Waals surface area contributed by atoms with Crippen molar-refractivity contribution in [2.24, 2.45) is 11.8 Å². The summed E-state index contributed by atoms with van der Waals surface area (Å²) in [5.74, 6) is 2.29. The van der Waals surface area contributed by atoms with Crippen molar-refractivity contribution in [2.45, 2.75) is 18.7 Å². The summed E-state index contributed by atoms with van der Waals surface area (Å²) >= 11 is 1.91.